The minimum atomic E-state index is -3.71. The van der Waals surface area contributed by atoms with Crippen molar-refractivity contribution in [3.8, 4) is 0 Å². The third-order valence-electron chi connectivity index (χ3n) is 2.47. The summed E-state index contributed by atoms with van der Waals surface area (Å²) >= 11 is 5.93. The highest BCUT2D eigenvalue weighted by Crippen LogP contribution is 2.13. The fraction of sp³-hybridized carbons (Fsp3) is 0. The van der Waals surface area contributed by atoms with Gasteiger partial charge in [0.15, 0.2) is 0 Å². The third-order valence-corrected chi connectivity index (χ3v) is 4.05. The largest absolute Gasteiger partial charge is 0.399 e. The number of halogens is 1. The van der Waals surface area contributed by atoms with Gasteiger partial charge < -0.3 is 5.73 Å². The molecule has 0 spiro atoms. The number of anilines is 1. The number of benzene rings is 2. The molecule has 0 fully saturated rings. The molecular weight excluding hydrogens is 298 g/mol. The standard InChI is InChI=1S/C13H12ClN3O2S/c14-13-4-2-1-3-10(13)9-16-17-20(18,19)12-7-5-11(15)6-8-12/h1-9,17H,15H2. The van der Waals surface area contributed by atoms with Crippen molar-refractivity contribution < 1.29 is 8.42 Å². The summed E-state index contributed by atoms with van der Waals surface area (Å²) in [5, 5.41) is 4.18. The van der Waals surface area contributed by atoms with E-state index in [9.17, 15) is 8.42 Å². The van der Waals surface area contributed by atoms with E-state index in [0.717, 1.165) is 0 Å². The molecule has 0 atom stereocenters. The van der Waals surface area contributed by atoms with Crippen molar-refractivity contribution in [2.45, 2.75) is 4.90 Å². The van der Waals surface area contributed by atoms with Gasteiger partial charge in [-0.05, 0) is 30.3 Å². The number of nitrogens with one attached hydrogen (secondary N) is 1. The molecule has 2 aromatic rings. The lowest BCUT2D eigenvalue weighted by molar-refractivity contribution is 0.584. The van der Waals surface area contributed by atoms with Crippen LogP contribution in [0, 0.1) is 0 Å². The lowest BCUT2D eigenvalue weighted by Gasteiger charge is -2.03. The molecule has 2 aromatic carbocycles. The molecule has 0 heterocycles. The maximum atomic E-state index is 11.9. The zero-order chi connectivity index (χ0) is 14.6. The van der Waals surface area contributed by atoms with Crippen LogP contribution >= 0.6 is 11.6 Å². The predicted molar refractivity (Wildman–Crippen MR) is 80.2 cm³/mol. The van der Waals surface area contributed by atoms with Crippen molar-refractivity contribution in [1.29, 1.82) is 0 Å². The number of hydrogen-bond donors (Lipinski definition) is 2. The van der Waals surface area contributed by atoms with E-state index in [-0.39, 0.29) is 4.90 Å². The van der Waals surface area contributed by atoms with Crippen LogP contribution in [0.2, 0.25) is 5.02 Å². The van der Waals surface area contributed by atoms with Crippen molar-refractivity contribution in [1.82, 2.24) is 4.83 Å². The average molecular weight is 310 g/mol. The third kappa shape index (κ3) is 3.49. The lowest BCUT2D eigenvalue weighted by Crippen LogP contribution is -2.18. The Hall–Kier alpha value is -2.05. The second kappa shape index (κ2) is 5.94. The number of rotatable bonds is 4. The molecule has 2 rings (SSSR count). The summed E-state index contributed by atoms with van der Waals surface area (Å²) in [6, 6.07) is 12.8. The Labute approximate surface area is 122 Å². The van der Waals surface area contributed by atoms with Gasteiger partial charge in [0.05, 0.1) is 11.1 Å². The molecule has 7 heteroatoms. The van der Waals surface area contributed by atoms with Gasteiger partial charge in [0, 0.05) is 16.3 Å². The predicted octanol–water partition coefficient (Wildman–Crippen LogP) is 2.23. The van der Waals surface area contributed by atoms with Gasteiger partial charge in [-0.1, -0.05) is 29.8 Å². The van der Waals surface area contributed by atoms with E-state index in [1.54, 1.807) is 24.3 Å². The Kier molecular flexibility index (Phi) is 4.26. The number of hydrogen-bond acceptors (Lipinski definition) is 4. The zero-order valence-corrected chi connectivity index (χ0v) is 11.9. The Morgan fingerprint density at radius 3 is 2.40 bits per heavy atom. The average Bonchev–Trinajstić information content (AvgIpc) is 2.41. The quantitative estimate of drug-likeness (QED) is 0.516. The van der Waals surface area contributed by atoms with Crippen molar-refractivity contribution in [3.05, 3.63) is 59.1 Å². The summed E-state index contributed by atoms with van der Waals surface area (Å²) in [5.74, 6) is 0. The Morgan fingerprint density at radius 1 is 1.10 bits per heavy atom. The van der Waals surface area contributed by atoms with E-state index in [1.807, 2.05) is 0 Å². The molecule has 0 amide bonds. The molecule has 3 N–H and O–H groups in total. The molecule has 5 nitrogen and oxygen atoms in total. The van der Waals surface area contributed by atoms with Crippen molar-refractivity contribution in [3.63, 3.8) is 0 Å². The van der Waals surface area contributed by atoms with Gasteiger partial charge in [-0.2, -0.15) is 13.5 Å². The molecule has 0 aliphatic carbocycles. The van der Waals surface area contributed by atoms with Gasteiger partial charge in [-0.25, -0.2) is 4.83 Å². The van der Waals surface area contributed by atoms with E-state index in [1.165, 1.54) is 30.5 Å². The maximum Gasteiger partial charge on any atom is 0.276 e. The van der Waals surface area contributed by atoms with Crippen LogP contribution in [0.1, 0.15) is 5.56 Å². The van der Waals surface area contributed by atoms with E-state index in [0.29, 0.717) is 16.3 Å². The number of nitrogens with zero attached hydrogens (tertiary/aromatic N) is 1. The van der Waals surface area contributed by atoms with Crippen LogP contribution in [0.3, 0.4) is 0 Å². The summed E-state index contributed by atoms with van der Waals surface area (Å²) in [7, 11) is -3.71. The molecule has 0 saturated carbocycles. The summed E-state index contributed by atoms with van der Waals surface area (Å²) in [6.07, 6.45) is 1.34. The van der Waals surface area contributed by atoms with Crippen LogP contribution in [0.15, 0.2) is 58.5 Å². The van der Waals surface area contributed by atoms with Gasteiger partial charge in [-0.15, -0.1) is 0 Å². The molecule has 104 valence electrons. The van der Waals surface area contributed by atoms with Crippen molar-refractivity contribution >= 4 is 33.5 Å². The first kappa shape index (κ1) is 14.4. The van der Waals surface area contributed by atoms with Gasteiger partial charge >= 0.3 is 0 Å². The number of nitrogens with two attached hydrogens (primary N) is 1. The summed E-state index contributed by atoms with van der Waals surface area (Å²) in [5.41, 5.74) is 6.61. The van der Waals surface area contributed by atoms with Crippen LogP contribution in [0.25, 0.3) is 0 Å². The molecule has 0 aromatic heterocycles. The Balaban J connectivity index is 2.14. The summed E-state index contributed by atoms with van der Waals surface area (Å²) in [6.45, 7) is 0. The highest BCUT2D eigenvalue weighted by Gasteiger charge is 2.11. The van der Waals surface area contributed by atoms with Crippen LogP contribution in [-0.2, 0) is 10.0 Å². The van der Waals surface area contributed by atoms with Crippen LogP contribution in [0.5, 0.6) is 0 Å². The number of hydrazone groups is 1. The van der Waals surface area contributed by atoms with E-state index >= 15 is 0 Å². The molecular formula is C13H12ClN3O2S. The smallest absolute Gasteiger partial charge is 0.276 e. The monoisotopic (exact) mass is 309 g/mol. The van der Waals surface area contributed by atoms with Gasteiger partial charge in [0.2, 0.25) is 0 Å². The molecule has 0 unspecified atom stereocenters. The number of sulfonamides is 1. The highest BCUT2D eigenvalue weighted by atomic mass is 35.5. The maximum absolute atomic E-state index is 11.9. The van der Waals surface area contributed by atoms with Gasteiger partial charge in [-0.3, -0.25) is 0 Å². The highest BCUT2D eigenvalue weighted by molar-refractivity contribution is 7.89. The van der Waals surface area contributed by atoms with Crippen LogP contribution in [-0.4, -0.2) is 14.6 Å². The molecule has 0 aliphatic rings. The van der Waals surface area contributed by atoms with Crippen LogP contribution < -0.4 is 10.6 Å². The minimum Gasteiger partial charge on any atom is -0.399 e. The molecule has 0 aliphatic heterocycles. The van der Waals surface area contributed by atoms with Crippen molar-refractivity contribution in [2.75, 3.05) is 5.73 Å². The summed E-state index contributed by atoms with van der Waals surface area (Å²) in [4.78, 5) is 2.20. The van der Waals surface area contributed by atoms with Crippen molar-refractivity contribution in [2.24, 2.45) is 5.10 Å². The molecule has 0 saturated heterocycles. The first-order valence-corrected chi connectivity index (χ1v) is 7.50. The minimum absolute atomic E-state index is 0.0861. The Morgan fingerprint density at radius 2 is 1.75 bits per heavy atom. The fourth-order valence-electron chi connectivity index (χ4n) is 1.44. The first-order valence-electron chi connectivity index (χ1n) is 5.64. The van der Waals surface area contributed by atoms with E-state index in [2.05, 4.69) is 9.93 Å². The normalized spacial score (nSPS) is 11.7. The first-order chi connectivity index (χ1) is 9.49. The van der Waals surface area contributed by atoms with E-state index in [4.69, 9.17) is 17.3 Å². The topological polar surface area (TPSA) is 84.5 Å². The zero-order valence-electron chi connectivity index (χ0n) is 10.3. The van der Waals surface area contributed by atoms with E-state index < -0.39 is 10.0 Å². The lowest BCUT2D eigenvalue weighted by atomic mass is 10.2. The number of nitrogen functional groups attached to an aromatic ring is 1. The van der Waals surface area contributed by atoms with Crippen LogP contribution in [0.4, 0.5) is 5.69 Å². The van der Waals surface area contributed by atoms with Gasteiger partial charge in [0.25, 0.3) is 10.0 Å². The fourth-order valence-corrected chi connectivity index (χ4v) is 2.42. The molecule has 0 bridgehead atoms. The van der Waals surface area contributed by atoms with Gasteiger partial charge in [0.1, 0.15) is 0 Å². The molecule has 20 heavy (non-hydrogen) atoms. The molecule has 0 radical (unpaired) electrons. The Bertz CT molecular complexity index is 728. The summed E-state index contributed by atoms with van der Waals surface area (Å²) < 4.78 is 23.8. The second-order valence-corrected chi connectivity index (χ2v) is 6.01. The second-order valence-electron chi connectivity index (χ2n) is 3.94. The SMILES string of the molecule is Nc1ccc(S(=O)(=O)NN=Cc2ccccc2Cl)cc1.